The number of ether oxygens (including phenoxy) is 1. The minimum Gasteiger partial charge on any atom is -0.496 e. The van der Waals surface area contributed by atoms with Gasteiger partial charge in [-0.1, -0.05) is 29.8 Å². The van der Waals surface area contributed by atoms with Crippen molar-refractivity contribution in [2.24, 2.45) is 0 Å². The van der Waals surface area contributed by atoms with Crippen LogP contribution in [0.15, 0.2) is 42.5 Å². The standard InChI is InChI=1S/C25H29N3O4/c1-17-9-10-21(32-4)18(15-17)16-26(3)22(29)12-14-27-24(31)19-7-5-6-8-20(19)28-23(30)11-13-25(27,28)2/h5-10,15H,11-14,16H2,1-4H3/t25-/m1/s1. The highest BCUT2D eigenvalue weighted by molar-refractivity contribution is 6.10. The van der Waals surface area contributed by atoms with Gasteiger partial charge < -0.3 is 14.5 Å². The molecule has 168 valence electrons. The predicted octanol–water partition coefficient (Wildman–Crippen LogP) is 3.35. The Labute approximate surface area is 188 Å². The molecule has 0 radical (unpaired) electrons. The van der Waals surface area contributed by atoms with Crippen LogP contribution >= 0.6 is 0 Å². The number of methoxy groups -OCH3 is 1. The van der Waals surface area contributed by atoms with Crippen molar-refractivity contribution in [3.8, 4) is 5.75 Å². The molecule has 4 rings (SSSR count). The molecule has 0 N–H and O–H groups in total. The summed E-state index contributed by atoms with van der Waals surface area (Å²) < 4.78 is 5.43. The van der Waals surface area contributed by atoms with E-state index in [0.29, 0.717) is 30.6 Å². The van der Waals surface area contributed by atoms with E-state index in [0.717, 1.165) is 16.9 Å². The third kappa shape index (κ3) is 3.61. The molecule has 0 saturated carbocycles. The summed E-state index contributed by atoms with van der Waals surface area (Å²) in [4.78, 5) is 44.0. The van der Waals surface area contributed by atoms with E-state index in [9.17, 15) is 14.4 Å². The van der Waals surface area contributed by atoms with E-state index in [4.69, 9.17) is 4.74 Å². The van der Waals surface area contributed by atoms with Crippen molar-refractivity contribution >= 4 is 23.4 Å². The lowest BCUT2D eigenvalue weighted by atomic mass is 9.98. The predicted molar refractivity (Wildman–Crippen MR) is 121 cm³/mol. The molecule has 0 spiro atoms. The van der Waals surface area contributed by atoms with Gasteiger partial charge in [-0.05, 0) is 38.5 Å². The molecular weight excluding hydrogens is 406 g/mol. The van der Waals surface area contributed by atoms with Crippen LogP contribution in [0.3, 0.4) is 0 Å². The molecule has 1 atom stereocenters. The topological polar surface area (TPSA) is 70.2 Å². The second kappa shape index (κ2) is 8.30. The molecule has 1 fully saturated rings. The number of rotatable bonds is 6. The van der Waals surface area contributed by atoms with Gasteiger partial charge in [-0.3, -0.25) is 19.3 Å². The average molecular weight is 436 g/mol. The molecular formula is C25H29N3O4. The Hall–Kier alpha value is -3.35. The second-order valence-electron chi connectivity index (χ2n) is 8.74. The van der Waals surface area contributed by atoms with Crippen molar-refractivity contribution in [1.82, 2.24) is 9.80 Å². The monoisotopic (exact) mass is 435 g/mol. The maximum absolute atomic E-state index is 13.3. The van der Waals surface area contributed by atoms with Crippen molar-refractivity contribution in [3.63, 3.8) is 0 Å². The minimum atomic E-state index is -0.749. The van der Waals surface area contributed by atoms with Gasteiger partial charge in [0, 0.05) is 38.5 Å². The summed E-state index contributed by atoms with van der Waals surface area (Å²) in [6, 6.07) is 13.1. The number of fused-ring (bicyclic) bond motifs is 3. The Balaban J connectivity index is 1.51. The van der Waals surface area contributed by atoms with Gasteiger partial charge in [0.05, 0.1) is 18.4 Å². The number of para-hydroxylation sites is 1. The van der Waals surface area contributed by atoms with E-state index in [-0.39, 0.29) is 30.7 Å². The van der Waals surface area contributed by atoms with Gasteiger partial charge >= 0.3 is 0 Å². The largest absolute Gasteiger partial charge is 0.496 e. The second-order valence-corrected chi connectivity index (χ2v) is 8.74. The fraction of sp³-hybridized carbons (Fsp3) is 0.400. The zero-order valence-corrected chi connectivity index (χ0v) is 19.1. The number of amides is 3. The summed E-state index contributed by atoms with van der Waals surface area (Å²) in [7, 11) is 3.37. The number of benzene rings is 2. The fourth-order valence-electron chi connectivity index (χ4n) is 4.81. The first-order valence-electron chi connectivity index (χ1n) is 10.9. The first kappa shape index (κ1) is 21.9. The molecule has 3 amide bonds. The highest BCUT2D eigenvalue weighted by Crippen LogP contribution is 2.44. The van der Waals surface area contributed by atoms with E-state index < -0.39 is 5.66 Å². The first-order chi connectivity index (χ1) is 15.3. The number of aryl methyl sites for hydroxylation is 1. The SMILES string of the molecule is COc1ccc(C)cc1CN(C)C(=O)CCN1C(=O)c2ccccc2N2C(=O)CC[C@]12C. The molecule has 2 aliphatic heterocycles. The highest BCUT2D eigenvalue weighted by Gasteiger charge is 2.52. The Morgan fingerprint density at radius 3 is 2.69 bits per heavy atom. The van der Waals surface area contributed by atoms with Crippen LogP contribution in [0.25, 0.3) is 0 Å². The van der Waals surface area contributed by atoms with Gasteiger partial charge in [0.1, 0.15) is 11.4 Å². The summed E-state index contributed by atoms with van der Waals surface area (Å²) in [5, 5.41) is 0. The van der Waals surface area contributed by atoms with Crippen LogP contribution in [0.2, 0.25) is 0 Å². The van der Waals surface area contributed by atoms with Crippen LogP contribution in [0.4, 0.5) is 5.69 Å². The number of carbonyl (C=O) groups excluding carboxylic acids is 3. The van der Waals surface area contributed by atoms with Gasteiger partial charge in [0.25, 0.3) is 5.91 Å². The Kier molecular flexibility index (Phi) is 5.67. The zero-order valence-electron chi connectivity index (χ0n) is 19.1. The maximum atomic E-state index is 13.3. The van der Waals surface area contributed by atoms with Crippen LogP contribution in [-0.2, 0) is 16.1 Å². The summed E-state index contributed by atoms with van der Waals surface area (Å²) in [5.74, 6) is 0.544. The summed E-state index contributed by atoms with van der Waals surface area (Å²) in [6.07, 6.45) is 1.11. The number of hydrogen-bond donors (Lipinski definition) is 0. The van der Waals surface area contributed by atoms with Gasteiger partial charge in [-0.2, -0.15) is 0 Å². The Morgan fingerprint density at radius 2 is 1.94 bits per heavy atom. The van der Waals surface area contributed by atoms with Gasteiger partial charge in [0.15, 0.2) is 0 Å². The smallest absolute Gasteiger partial charge is 0.257 e. The molecule has 2 aromatic carbocycles. The molecule has 7 nitrogen and oxygen atoms in total. The van der Waals surface area contributed by atoms with Gasteiger partial charge in [-0.25, -0.2) is 0 Å². The number of carbonyl (C=O) groups is 3. The lowest BCUT2D eigenvalue weighted by molar-refractivity contribution is -0.130. The van der Waals surface area contributed by atoms with Gasteiger partial charge in [0.2, 0.25) is 11.8 Å². The summed E-state index contributed by atoms with van der Waals surface area (Å²) >= 11 is 0. The lowest BCUT2D eigenvalue weighted by Crippen LogP contribution is -2.62. The molecule has 0 aromatic heterocycles. The van der Waals surface area contributed by atoms with Gasteiger partial charge in [-0.15, -0.1) is 0 Å². The third-order valence-electron chi connectivity index (χ3n) is 6.56. The minimum absolute atomic E-state index is 0.00689. The lowest BCUT2D eigenvalue weighted by Gasteiger charge is -2.48. The molecule has 2 heterocycles. The third-order valence-corrected chi connectivity index (χ3v) is 6.56. The van der Waals surface area contributed by atoms with Crippen LogP contribution in [-0.4, -0.2) is 53.9 Å². The van der Waals surface area contributed by atoms with Crippen molar-refractivity contribution < 1.29 is 19.1 Å². The number of hydrogen-bond acceptors (Lipinski definition) is 4. The van der Waals surface area contributed by atoms with E-state index in [1.165, 1.54) is 0 Å². The Morgan fingerprint density at radius 1 is 1.19 bits per heavy atom. The zero-order chi connectivity index (χ0) is 23.0. The molecule has 32 heavy (non-hydrogen) atoms. The molecule has 2 aliphatic rings. The first-order valence-corrected chi connectivity index (χ1v) is 10.9. The number of anilines is 1. The molecule has 0 bridgehead atoms. The molecule has 0 aliphatic carbocycles. The Bertz CT molecular complexity index is 1080. The van der Waals surface area contributed by atoms with Crippen molar-refractivity contribution in [3.05, 3.63) is 59.2 Å². The van der Waals surface area contributed by atoms with E-state index >= 15 is 0 Å². The summed E-state index contributed by atoms with van der Waals surface area (Å²) in [5.41, 5.74) is 2.45. The molecule has 0 unspecified atom stereocenters. The van der Waals surface area contributed by atoms with Crippen LogP contribution in [0.5, 0.6) is 5.75 Å². The molecule has 2 aromatic rings. The highest BCUT2D eigenvalue weighted by atomic mass is 16.5. The van der Waals surface area contributed by atoms with E-state index in [2.05, 4.69) is 0 Å². The van der Waals surface area contributed by atoms with Crippen LogP contribution < -0.4 is 9.64 Å². The number of nitrogens with zero attached hydrogens (tertiary/aromatic N) is 3. The molecule has 1 saturated heterocycles. The average Bonchev–Trinajstić information content (AvgIpc) is 3.08. The summed E-state index contributed by atoms with van der Waals surface area (Å²) in [6.45, 7) is 4.58. The van der Waals surface area contributed by atoms with Crippen LogP contribution in [0.1, 0.15) is 47.7 Å². The maximum Gasteiger partial charge on any atom is 0.257 e. The van der Waals surface area contributed by atoms with Crippen LogP contribution in [0, 0.1) is 6.92 Å². The molecule has 7 heteroatoms. The normalized spacial score (nSPS) is 19.6. The van der Waals surface area contributed by atoms with Crippen molar-refractivity contribution in [1.29, 1.82) is 0 Å². The van der Waals surface area contributed by atoms with Crippen molar-refractivity contribution in [2.45, 2.75) is 45.3 Å². The quantitative estimate of drug-likeness (QED) is 0.698. The van der Waals surface area contributed by atoms with E-state index in [1.54, 1.807) is 41.0 Å². The van der Waals surface area contributed by atoms with Crippen molar-refractivity contribution in [2.75, 3.05) is 25.6 Å². The fourth-order valence-corrected chi connectivity index (χ4v) is 4.81. The van der Waals surface area contributed by atoms with E-state index in [1.807, 2.05) is 44.2 Å².